The van der Waals surface area contributed by atoms with Crippen molar-refractivity contribution in [3.05, 3.63) is 52.6 Å². The highest BCUT2D eigenvalue weighted by atomic mass is 16.5. The normalized spacial score (nSPS) is 19.0. The standard InChI is InChI=1S/C26H38N2O2/c1-18(2)8-7-9-22-11-12-23(21(6)15-22)16-27-28-26(29)17-30-25-14-20(5)10-13-24(25)19(3)4/h8,10-11,13-14,16,19,21,23H,7,9,12,15,17H2,1-6H3,(H,28,29)/b27-16-/t21-,23-/m0/s1. The van der Waals surface area contributed by atoms with Crippen LogP contribution in [-0.2, 0) is 4.79 Å². The Hall–Kier alpha value is -2.36. The van der Waals surface area contributed by atoms with Gasteiger partial charge in [-0.15, -0.1) is 0 Å². The summed E-state index contributed by atoms with van der Waals surface area (Å²) in [5, 5.41) is 4.20. The Balaban J connectivity index is 1.80. The summed E-state index contributed by atoms with van der Waals surface area (Å²) in [6, 6.07) is 6.12. The van der Waals surface area contributed by atoms with Gasteiger partial charge in [0.05, 0.1) is 0 Å². The highest BCUT2D eigenvalue weighted by Gasteiger charge is 2.20. The van der Waals surface area contributed by atoms with E-state index in [9.17, 15) is 4.79 Å². The predicted octanol–water partition coefficient (Wildman–Crippen LogP) is 6.32. The summed E-state index contributed by atoms with van der Waals surface area (Å²) in [6.07, 6.45) is 10.9. The second-order valence-corrected chi connectivity index (χ2v) is 9.06. The summed E-state index contributed by atoms with van der Waals surface area (Å²) in [7, 11) is 0. The monoisotopic (exact) mass is 410 g/mol. The number of benzene rings is 1. The van der Waals surface area contributed by atoms with Crippen molar-refractivity contribution in [1.82, 2.24) is 5.43 Å². The molecule has 1 amide bonds. The van der Waals surface area contributed by atoms with Gasteiger partial charge in [-0.05, 0) is 75.5 Å². The molecule has 1 aliphatic carbocycles. The minimum atomic E-state index is -0.233. The number of ether oxygens (including phenoxy) is 1. The number of hydrogen-bond donors (Lipinski definition) is 1. The molecule has 0 bridgehead atoms. The molecule has 1 aromatic rings. The van der Waals surface area contributed by atoms with Gasteiger partial charge < -0.3 is 4.74 Å². The van der Waals surface area contributed by atoms with Crippen LogP contribution < -0.4 is 10.2 Å². The van der Waals surface area contributed by atoms with Gasteiger partial charge in [-0.25, -0.2) is 5.43 Å². The van der Waals surface area contributed by atoms with Crippen LogP contribution in [-0.4, -0.2) is 18.7 Å². The van der Waals surface area contributed by atoms with Crippen LogP contribution in [0.25, 0.3) is 0 Å². The molecule has 0 radical (unpaired) electrons. The predicted molar refractivity (Wildman–Crippen MR) is 126 cm³/mol. The van der Waals surface area contributed by atoms with Crippen molar-refractivity contribution in [2.24, 2.45) is 16.9 Å². The molecule has 4 heteroatoms. The van der Waals surface area contributed by atoms with E-state index in [1.165, 1.54) is 5.57 Å². The molecular formula is C26H38N2O2. The lowest BCUT2D eigenvalue weighted by molar-refractivity contribution is -0.123. The molecule has 0 spiro atoms. The van der Waals surface area contributed by atoms with E-state index in [1.54, 1.807) is 5.57 Å². The highest BCUT2D eigenvalue weighted by molar-refractivity contribution is 5.78. The third-order valence-electron chi connectivity index (χ3n) is 5.62. The number of allylic oxidation sites excluding steroid dienone is 4. The second-order valence-electron chi connectivity index (χ2n) is 9.06. The van der Waals surface area contributed by atoms with Crippen molar-refractivity contribution >= 4 is 12.1 Å². The van der Waals surface area contributed by atoms with Crippen molar-refractivity contribution in [3.8, 4) is 5.75 Å². The maximum absolute atomic E-state index is 12.2. The molecule has 0 unspecified atom stereocenters. The molecule has 4 nitrogen and oxygen atoms in total. The van der Waals surface area contributed by atoms with Gasteiger partial charge in [0.2, 0.25) is 0 Å². The van der Waals surface area contributed by atoms with Crippen LogP contribution >= 0.6 is 0 Å². The molecule has 0 saturated carbocycles. The summed E-state index contributed by atoms with van der Waals surface area (Å²) < 4.78 is 5.77. The van der Waals surface area contributed by atoms with E-state index in [1.807, 2.05) is 19.2 Å². The van der Waals surface area contributed by atoms with Crippen LogP contribution in [0.3, 0.4) is 0 Å². The summed E-state index contributed by atoms with van der Waals surface area (Å²) in [4.78, 5) is 12.2. The summed E-state index contributed by atoms with van der Waals surface area (Å²) >= 11 is 0. The lowest BCUT2D eigenvalue weighted by Crippen LogP contribution is -2.26. The molecule has 1 N–H and O–H groups in total. The second kappa shape index (κ2) is 11.7. The quantitative estimate of drug-likeness (QED) is 0.294. The van der Waals surface area contributed by atoms with E-state index in [0.29, 0.717) is 17.8 Å². The molecule has 164 valence electrons. The zero-order valence-electron chi connectivity index (χ0n) is 19.5. The maximum Gasteiger partial charge on any atom is 0.277 e. The van der Waals surface area contributed by atoms with E-state index in [2.05, 4.69) is 69.4 Å². The van der Waals surface area contributed by atoms with Crippen molar-refractivity contribution in [2.75, 3.05) is 6.61 Å². The first-order chi connectivity index (χ1) is 14.3. The van der Waals surface area contributed by atoms with E-state index >= 15 is 0 Å². The van der Waals surface area contributed by atoms with Gasteiger partial charge in [0.1, 0.15) is 5.75 Å². The van der Waals surface area contributed by atoms with E-state index in [4.69, 9.17) is 4.74 Å². The van der Waals surface area contributed by atoms with Crippen LogP contribution in [0.15, 0.2) is 46.6 Å². The first kappa shape index (κ1) is 23.9. The molecule has 30 heavy (non-hydrogen) atoms. The number of rotatable bonds is 9. The lowest BCUT2D eigenvalue weighted by atomic mass is 9.80. The van der Waals surface area contributed by atoms with E-state index in [-0.39, 0.29) is 12.5 Å². The fourth-order valence-electron chi connectivity index (χ4n) is 3.77. The molecule has 0 aromatic heterocycles. The van der Waals surface area contributed by atoms with Gasteiger partial charge in [-0.3, -0.25) is 4.79 Å². The van der Waals surface area contributed by atoms with Gasteiger partial charge in [0.25, 0.3) is 5.91 Å². The van der Waals surface area contributed by atoms with E-state index < -0.39 is 0 Å². The Morgan fingerprint density at radius 3 is 2.77 bits per heavy atom. The van der Waals surface area contributed by atoms with Crippen LogP contribution in [0.5, 0.6) is 5.75 Å². The summed E-state index contributed by atoms with van der Waals surface area (Å²) in [5.41, 5.74) is 7.77. The number of nitrogens with one attached hydrogen (secondary N) is 1. The minimum absolute atomic E-state index is 0.0326. The number of aryl methyl sites for hydroxylation is 1. The number of hydrogen-bond acceptors (Lipinski definition) is 3. The fraction of sp³-hybridized carbons (Fsp3) is 0.538. The van der Waals surface area contributed by atoms with Crippen molar-refractivity contribution in [3.63, 3.8) is 0 Å². The lowest BCUT2D eigenvalue weighted by Gasteiger charge is -2.25. The molecule has 0 heterocycles. The molecule has 2 rings (SSSR count). The Morgan fingerprint density at radius 1 is 1.33 bits per heavy atom. The topological polar surface area (TPSA) is 50.7 Å². The van der Waals surface area contributed by atoms with Crippen LogP contribution in [0.1, 0.15) is 77.3 Å². The molecular weight excluding hydrogens is 372 g/mol. The van der Waals surface area contributed by atoms with Crippen LogP contribution in [0.4, 0.5) is 0 Å². The molecule has 0 saturated heterocycles. The van der Waals surface area contributed by atoms with Gasteiger partial charge in [0, 0.05) is 12.1 Å². The Morgan fingerprint density at radius 2 is 2.10 bits per heavy atom. The molecule has 1 aliphatic rings. The third-order valence-corrected chi connectivity index (χ3v) is 5.62. The van der Waals surface area contributed by atoms with Gasteiger partial charge in [-0.1, -0.05) is 56.2 Å². The van der Waals surface area contributed by atoms with Gasteiger partial charge >= 0.3 is 0 Å². The van der Waals surface area contributed by atoms with Crippen molar-refractivity contribution in [1.29, 1.82) is 0 Å². The number of amides is 1. The highest BCUT2D eigenvalue weighted by Crippen LogP contribution is 2.30. The first-order valence-electron chi connectivity index (χ1n) is 11.1. The Labute approximate surface area is 182 Å². The van der Waals surface area contributed by atoms with Crippen LogP contribution in [0.2, 0.25) is 0 Å². The average Bonchev–Trinajstić information content (AvgIpc) is 2.67. The zero-order chi connectivity index (χ0) is 22.1. The van der Waals surface area contributed by atoms with Gasteiger partial charge in [0.15, 0.2) is 6.61 Å². The number of carbonyl (C=O) groups excluding carboxylic acids is 1. The Kier molecular flexibility index (Phi) is 9.35. The van der Waals surface area contributed by atoms with Gasteiger partial charge in [-0.2, -0.15) is 5.10 Å². The smallest absolute Gasteiger partial charge is 0.277 e. The molecule has 0 aliphatic heterocycles. The van der Waals surface area contributed by atoms with Crippen molar-refractivity contribution < 1.29 is 9.53 Å². The first-order valence-corrected chi connectivity index (χ1v) is 11.1. The zero-order valence-corrected chi connectivity index (χ0v) is 19.5. The average molecular weight is 411 g/mol. The molecule has 1 aromatic carbocycles. The SMILES string of the molecule is CC(C)=CCCC1=CC[C@@H](/C=N\NC(=O)COc2cc(C)ccc2C(C)C)[C@@H](C)C1. The Bertz CT molecular complexity index is 801. The maximum atomic E-state index is 12.2. The minimum Gasteiger partial charge on any atom is -0.483 e. The number of nitrogens with zero attached hydrogens (tertiary/aromatic N) is 1. The molecule has 0 fully saturated rings. The number of carbonyl (C=O) groups is 1. The number of hydrazone groups is 1. The molecule has 2 atom stereocenters. The third kappa shape index (κ3) is 7.81. The van der Waals surface area contributed by atoms with Crippen molar-refractivity contribution in [2.45, 2.75) is 73.1 Å². The summed E-state index contributed by atoms with van der Waals surface area (Å²) in [5.74, 6) is 1.78. The van der Waals surface area contributed by atoms with Crippen LogP contribution in [0, 0.1) is 18.8 Å². The fourth-order valence-corrected chi connectivity index (χ4v) is 3.77. The largest absolute Gasteiger partial charge is 0.483 e. The van der Waals surface area contributed by atoms with E-state index in [0.717, 1.165) is 42.6 Å². The summed E-state index contributed by atoms with van der Waals surface area (Å²) in [6.45, 7) is 12.8.